The number of non-ortho nitro benzene ring substituents is 1. The topological polar surface area (TPSA) is 122 Å². The van der Waals surface area contributed by atoms with Gasteiger partial charge in [-0.25, -0.2) is 9.59 Å². The minimum atomic E-state index is -1.24. The summed E-state index contributed by atoms with van der Waals surface area (Å²) in [4.78, 5) is 35.7. The smallest absolute Gasteiger partial charge is 0.410 e. The molecule has 1 aromatic carbocycles. The van der Waals surface area contributed by atoms with E-state index in [4.69, 9.17) is 4.74 Å². The number of anilines is 1. The molecule has 0 aromatic heterocycles. The number of carbonyl (C=O) groups is 2. The van der Waals surface area contributed by atoms with Gasteiger partial charge in [-0.1, -0.05) is 0 Å². The second-order valence-electron chi connectivity index (χ2n) is 7.28. The number of hydrogen-bond donors (Lipinski definition) is 2. The molecule has 0 saturated carbocycles. The van der Waals surface area contributed by atoms with E-state index in [1.54, 1.807) is 20.8 Å². The van der Waals surface area contributed by atoms with Crippen LogP contribution in [0.1, 0.15) is 33.6 Å². The van der Waals surface area contributed by atoms with Crippen molar-refractivity contribution in [2.75, 3.05) is 18.4 Å². The Balaban J connectivity index is 2.07. The number of hydrogen-bond acceptors (Lipinski definition) is 6. The van der Waals surface area contributed by atoms with Crippen LogP contribution in [0.4, 0.5) is 16.2 Å². The molecule has 0 aliphatic carbocycles. The average molecular weight is 365 g/mol. The van der Waals surface area contributed by atoms with Crippen LogP contribution in [0.25, 0.3) is 0 Å². The van der Waals surface area contributed by atoms with E-state index in [1.807, 2.05) is 0 Å². The van der Waals surface area contributed by atoms with Crippen molar-refractivity contribution in [2.45, 2.75) is 44.8 Å². The molecule has 1 fully saturated rings. The van der Waals surface area contributed by atoms with Crippen molar-refractivity contribution >= 4 is 23.4 Å². The number of amides is 1. The molecule has 1 amide bonds. The molecule has 9 nitrogen and oxygen atoms in total. The van der Waals surface area contributed by atoms with E-state index in [-0.39, 0.29) is 31.6 Å². The third-order valence-electron chi connectivity index (χ3n) is 4.14. The largest absolute Gasteiger partial charge is 0.480 e. The predicted molar refractivity (Wildman–Crippen MR) is 94.1 cm³/mol. The van der Waals surface area contributed by atoms with Gasteiger partial charge in [0.25, 0.3) is 5.69 Å². The van der Waals surface area contributed by atoms with Crippen LogP contribution in [0, 0.1) is 10.1 Å². The van der Waals surface area contributed by atoms with Crippen LogP contribution >= 0.6 is 0 Å². The number of nitrogens with zero attached hydrogens (tertiary/aromatic N) is 2. The molecule has 0 spiro atoms. The Morgan fingerprint density at radius 3 is 2.19 bits per heavy atom. The van der Waals surface area contributed by atoms with Gasteiger partial charge in [-0.05, 0) is 45.7 Å². The molecule has 0 unspecified atom stereocenters. The van der Waals surface area contributed by atoms with Crippen molar-refractivity contribution in [2.24, 2.45) is 0 Å². The summed E-state index contributed by atoms with van der Waals surface area (Å²) in [6.07, 6.45) is -0.0799. The maximum absolute atomic E-state index is 12.1. The summed E-state index contributed by atoms with van der Waals surface area (Å²) in [6.45, 7) is 5.79. The van der Waals surface area contributed by atoms with Crippen molar-refractivity contribution in [1.82, 2.24) is 4.90 Å². The zero-order valence-corrected chi connectivity index (χ0v) is 15.0. The predicted octanol–water partition coefficient (Wildman–Crippen LogP) is 2.86. The van der Waals surface area contributed by atoms with E-state index in [2.05, 4.69) is 5.32 Å². The van der Waals surface area contributed by atoms with Gasteiger partial charge in [0.2, 0.25) is 0 Å². The van der Waals surface area contributed by atoms with Crippen molar-refractivity contribution < 1.29 is 24.4 Å². The van der Waals surface area contributed by atoms with Gasteiger partial charge in [0.1, 0.15) is 11.1 Å². The lowest BCUT2D eigenvalue weighted by molar-refractivity contribution is -0.384. The van der Waals surface area contributed by atoms with Gasteiger partial charge in [-0.15, -0.1) is 0 Å². The number of likely N-dealkylation sites (tertiary alicyclic amines) is 1. The second-order valence-corrected chi connectivity index (χ2v) is 7.28. The number of nitro benzene ring substituents is 1. The van der Waals surface area contributed by atoms with Crippen molar-refractivity contribution in [3.05, 3.63) is 34.4 Å². The molecule has 1 aliphatic rings. The number of piperidine rings is 1. The van der Waals surface area contributed by atoms with Gasteiger partial charge < -0.3 is 20.1 Å². The summed E-state index contributed by atoms with van der Waals surface area (Å²) < 4.78 is 5.32. The van der Waals surface area contributed by atoms with Gasteiger partial charge in [0, 0.05) is 30.9 Å². The first-order chi connectivity index (χ1) is 12.0. The van der Waals surface area contributed by atoms with Crippen LogP contribution in [-0.2, 0) is 9.53 Å². The normalized spacial score (nSPS) is 16.7. The fourth-order valence-corrected chi connectivity index (χ4v) is 2.73. The molecule has 1 aromatic rings. The maximum atomic E-state index is 12.1. The first-order valence-electron chi connectivity index (χ1n) is 8.26. The quantitative estimate of drug-likeness (QED) is 0.621. The van der Waals surface area contributed by atoms with Crippen LogP contribution in [0.3, 0.4) is 0 Å². The van der Waals surface area contributed by atoms with Crippen molar-refractivity contribution in [3.8, 4) is 0 Å². The standard InChI is InChI=1S/C17H23N3O6/c1-16(2,3)26-15(23)19-10-8-17(9-11-19,14(21)22)18-12-4-6-13(7-5-12)20(24)25/h4-7,18H,8-11H2,1-3H3,(H,21,22). The van der Waals surface area contributed by atoms with E-state index in [0.29, 0.717) is 5.69 Å². The molecule has 142 valence electrons. The molecule has 1 saturated heterocycles. The Morgan fingerprint density at radius 1 is 1.23 bits per heavy atom. The fourth-order valence-electron chi connectivity index (χ4n) is 2.73. The molecule has 2 rings (SSSR count). The summed E-state index contributed by atoms with van der Waals surface area (Å²) in [6, 6.07) is 5.58. The molecular weight excluding hydrogens is 342 g/mol. The molecule has 1 aliphatic heterocycles. The highest BCUT2D eigenvalue weighted by Gasteiger charge is 2.43. The van der Waals surface area contributed by atoms with Crippen LogP contribution in [0.5, 0.6) is 0 Å². The number of rotatable bonds is 4. The number of carboxylic acids is 1. The van der Waals surface area contributed by atoms with Crippen LogP contribution in [0.15, 0.2) is 24.3 Å². The first-order valence-corrected chi connectivity index (χ1v) is 8.26. The lowest BCUT2D eigenvalue weighted by Gasteiger charge is -2.40. The van der Waals surface area contributed by atoms with Gasteiger partial charge in [-0.2, -0.15) is 0 Å². The van der Waals surface area contributed by atoms with Gasteiger partial charge in [-0.3, -0.25) is 10.1 Å². The van der Waals surface area contributed by atoms with E-state index >= 15 is 0 Å². The van der Waals surface area contributed by atoms with Crippen LogP contribution in [0.2, 0.25) is 0 Å². The van der Waals surface area contributed by atoms with Crippen LogP contribution < -0.4 is 5.32 Å². The number of carbonyl (C=O) groups excluding carboxylic acids is 1. The first kappa shape index (κ1) is 19.5. The minimum absolute atomic E-state index is 0.0697. The van der Waals surface area contributed by atoms with Gasteiger partial charge in [0.15, 0.2) is 0 Å². The highest BCUT2D eigenvalue weighted by Crippen LogP contribution is 2.29. The van der Waals surface area contributed by atoms with E-state index < -0.39 is 28.1 Å². The van der Waals surface area contributed by atoms with Gasteiger partial charge in [0.05, 0.1) is 4.92 Å². The number of aliphatic carboxylic acids is 1. The Labute approximate surface area is 151 Å². The second kappa shape index (κ2) is 7.19. The molecule has 0 radical (unpaired) electrons. The SMILES string of the molecule is CC(C)(C)OC(=O)N1CCC(Nc2ccc([N+](=O)[O-])cc2)(C(=O)O)CC1. The third-order valence-corrected chi connectivity index (χ3v) is 4.14. The maximum Gasteiger partial charge on any atom is 0.410 e. The summed E-state index contributed by atoms with van der Waals surface area (Å²) in [7, 11) is 0. The zero-order chi connectivity index (χ0) is 19.5. The number of ether oxygens (including phenoxy) is 1. The summed E-state index contributed by atoms with van der Waals surface area (Å²) in [5, 5.41) is 23.4. The minimum Gasteiger partial charge on any atom is -0.480 e. The number of benzene rings is 1. The zero-order valence-electron chi connectivity index (χ0n) is 15.0. The number of carboxylic acid groups (broad SMARTS) is 1. The molecule has 9 heteroatoms. The Morgan fingerprint density at radius 2 is 1.77 bits per heavy atom. The lowest BCUT2D eigenvalue weighted by atomic mass is 9.87. The highest BCUT2D eigenvalue weighted by atomic mass is 16.6. The summed E-state index contributed by atoms with van der Waals surface area (Å²) in [5.41, 5.74) is -1.45. The van der Waals surface area contributed by atoms with Crippen LogP contribution in [-0.4, -0.2) is 51.2 Å². The van der Waals surface area contributed by atoms with E-state index in [0.717, 1.165) is 0 Å². The van der Waals surface area contributed by atoms with E-state index in [1.165, 1.54) is 29.2 Å². The van der Waals surface area contributed by atoms with E-state index in [9.17, 15) is 24.8 Å². The monoisotopic (exact) mass is 365 g/mol. The van der Waals surface area contributed by atoms with Crippen molar-refractivity contribution in [3.63, 3.8) is 0 Å². The summed E-state index contributed by atoms with van der Waals surface area (Å²) >= 11 is 0. The molecule has 26 heavy (non-hydrogen) atoms. The Bertz CT molecular complexity index is 687. The fraction of sp³-hybridized carbons (Fsp3) is 0.529. The highest BCUT2D eigenvalue weighted by molar-refractivity contribution is 5.83. The Kier molecular flexibility index (Phi) is 5.38. The Hall–Kier alpha value is -2.84. The molecule has 1 heterocycles. The summed E-state index contributed by atoms with van der Waals surface area (Å²) in [5.74, 6) is -1.03. The molecule has 2 N–H and O–H groups in total. The molecular formula is C17H23N3O6. The van der Waals surface area contributed by atoms with Crippen molar-refractivity contribution in [1.29, 1.82) is 0 Å². The number of nitro groups is 1. The lowest BCUT2D eigenvalue weighted by Crippen LogP contribution is -2.55. The molecule has 0 atom stereocenters. The third kappa shape index (κ3) is 4.62. The van der Waals surface area contributed by atoms with Gasteiger partial charge >= 0.3 is 12.1 Å². The number of nitrogens with one attached hydrogen (secondary N) is 1. The molecule has 0 bridgehead atoms. The average Bonchev–Trinajstić information content (AvgIpc) is 2.54.